The molecule has 0 atom stereocenters. The van der Waals surface area contributed by atoms with Crippen molar-refractivity contribution in [3.63, 3.8) is 0 Å². The van der Waals surface area contributed by atoms with Gasteiger partial charge in [-0.1, -0.05) is 11.6 Å². The molecule has 1 rings (SSSR count). The van der Waals surface area contributed by atoms with E-state index < -0.39 is 5.97 Å². The number of carbonyl (C=O) groups is 1. The van der Waals surface area contributed by atoms with Crippen LogP contribution < -0.4 is 0 Å². The van der Waals surface area contributed by atoms with Crippen molar-refractivity contribution in [2.24, 2.45) is 0 Å². The minimum Gasteiger partial charge on any atom is -0.481 e. The lowest BCUT2D eigenvalue weighted by Crippen LogP contribution is -2.24. The molecule has 1 N–H and O–H groups in total. The molecule has 0 aliphatic carbocycles. The number of carboxylic acids is 1. The van der Waals surface area contributed by atoms with E-state index in [0.29, 0.717) is 6.54 Å². The Morgan fingerprint density at radius 2 is 2.00 bits per heavy atom. The smallest absolute Gasteiger partial charge is 0.304 e. The first-order valence-electron chi connectivity index (χ1n) is 5.36. The Morgan fingerprint density at radius 3 is 2.59 bits per heavy atom. The number of aliphatic carboxylic acids is 1. The van der Waals surface area contributed by atoms with Crippen LogP contribution in [0.25, 0.3) is 0 Å². The van der Waals surface area contributed by atoms with Crippen LogP contribution >= 0.6 is 23.4 Å². The van der Waals surface area contributed by atoms with Gasteiger partial charge < -0.3 is 10.0 Å². The minimum absolute atomic E-state index is 0.197. The normalized spacial score (nSPS) is 10.8. The molecule has 94 valence electrons. The molecule has 0 radical (unpaired) electrons. The topological polar surface area (TPSA) is 40.5 Å². The Labute approximate surface area is 111 Å². The molecule has 0 unspecified atom stereocenters. The molecule has 0 saturated carbocycles. The van der Waals surface area contributed by atoms with Crippen LogP contribution in [0.1, 0.15) is 6.42 Å². The zero-order chi connectivity index (χ0) is 12.7. The summed E-state index contributed by atoms with van der Waals surface area (Å²) >= 11 is 7.54. The second-order valence-corrected chi connectivity index (χ2v) is 5.35. The number of benzene rings is 1. The standard InChI is InChI=1S/C12H16ClNO2S/c1-14(7-6-12(15)16)8-9-17-11-4-2-10(13)3-5-11/h2-5H,6-9H2,1H3,(H,15,16). The van der Waals surface area contributed by atoms with Crippen LogP contribution in [0.5, 0.6) is 0 Å². The molecule has 0 bridgehead atoms. The maximum atomic E-state index is 10.4. The lowest BCUT2D eigenvalue weighted by Gasteiger charge is -2.14. The van der Waals surface area contributed by atoms with Gasteiger partial charge >= 0.3 is 5.97 Å². The number of thioether (sulfide) groups is 1. The molecular formula is C12H16ClNO2S. The van der Waals surface area contributed by atoms with E-state index in [1.807, 2.05) is 36.2 Å². The molecule has 0 aromatic heterocycles. The van der Waals surface area contributed by atoms with E-state index in [9.17, 15) is 4.79 Å². The first kappa shape index (κ1) is 14.4. The van der Waals surface area contributed by atoms with Gasteiger partial charge in [-0.3, -0.25) is 4.79 Å². The predicted octanol–water partition coefficient (Wildman–Crippen LogP) is 2.84. The molecule has 0 heterocycles. The summed E-state index contributed by atoms with van der Waals surface area (Å²) in [5.74, 6) is 0.194. The van der Waals surface area contributed by atoms with E-state index >= 15 is 0 Å². The third kappa shape index (κ3) is 6.56. The lowest BCUT2D eigenvalue weighted by atomic mass is 10.4. The van der Waals surface area contributed by atoms with Gasteiger partial charge in [0.05, 0.1) is 6.42 Å². The van der Waals surface area contributed by atoms with Crippen LogP contribution in [0, 0.1) is 0 Å². The summed E-state index contributed by atoms with van der Waals surface area (Å²) in [7, 11) is 1.94. The van der Waals surface area contributed by atoms with Gasteiger partial charge in [0.1, 0.15) is 0 Å². The van der Waals surface area contributed by atoms with Gasteiger partial charge in [-0.15, -0.1) is 11.8 Å². The number of hydrogen-bond acceptors (Lipinski definition) is 3. The van der Waals surface area contributed by atoms with E-state index in [1.165, 1.54) is 4.90 Å². The highest BCUT2D eigenvalue weighted by atomic mass is 35.5. The lowest BCUT2D eigenvalue weighted by molar-refractivity contribution is -0.137. The van der Waals surface area contributed by atoms with Crippen molar-refractivity contribution in [2.45, 2.75) is 11.3 Å². The summed E-state index contributed by atoms with van der Waals surface area (Å²) < 4.78 is 0. The maximum absolute atomic E-state index is 10.4. The number of hydrogen-bond donors (Lipinski definition) is 1. The Hall–Kier alpha value is -0.710. The summed E-state index contributed by atoms with van der Waals surface area (Å²) in [5.41, 5.74) is 0. The summed E-state index contributed by atoms with van der Waals surface area (Å²) in [6, 6.07) is 7.73. The van der Waals surface area contributed by atoms with Gasteiger partial charge in [0.15, 0.2) is 0 Å². The molecule has 0 fully saturated rings. The van der Waals surface area contributed by atoms with Gasteiger partial charge in [-0.25, -0.2) is 0 Å². The summed E-state index contributed by atoms with van der Waals surface area (Å²) in [6.45, 7) is 1.47. The Morgan fingerprint density at radius 1 is 1.35 bits per heavy atom. The van der Waals surface area contributed by atoms with Crippen molar-refractivity contribution in [2.75, 3.05) is 25.9 Å². The molecule has 0 spiro atoms. The highest BCUT2D eigenvalue weighted by Gasteiger charge is 2.02. The Kier molecular flexibility index (Phi) is 6.40. The SMILES string of the molecule is CN(CCSc1ccc(Cl)cc1)CCC(=O)O. The van der Waals surface area contributed by atoms with E-state index in [1.54, 1.807) is 11.8 Å². The van der Waals surface area contributed by atoms with E-state index in [0.717, 1.165) is 17.3 Å². The quantitative estimate of drug-likeness (QED) is 0.776. The van der Waals surface area contributed by atoms with Crippen LogP contribution in [-0.2, 0) is 4.79 Å². The average molecular weight is 274 g/mol. The number of nitrogens with zero attached hydrogens (tertiary/aromatic N) is 1. The van der Waals surface area contributed by atoms with Crippen molar-refractivity contribution in [3.05, 3.63) is 29.3 Å². The molecule has 0 aliphatic rings. The van der Waals surface area contributed by atoms with E-state index in [4.69, 9.17) is 16.7 Å². The fourth-order valence-corrected chi connectivity index (χ4v) is 2.34. The number of carboxylic acid groups (broad SMARTS) is 1. The van der Waals surface area contributed by atoms with Crippen molar-refractivity contribution < 1.29 is 9.90 Å². The Balaban J connectivity index is 2.18. The van der Waals surface area contributed by atoms with Gasteiger partial charge in [0.2, 0.25) is 0 Å². The minimum atomic E-state index is -0.748. The van der Waals surface area contributed by atoms with Crippen LogP contribution in [0.3, 0.4) is 0 Å². The fraction of sp³-hybridized carbons (Fsp3) is 0.417. The highest BCUT2D eigenvalue weighted by molar-refractivity contribution is 7.99. The second kappa shape index (κ2) is 7.58. The molecule has 1 aromatic carbocycles. The molecule has 3 nitrogen and oxygen atoms in total. The zero-order valence-corrected chi connectivity index (χ0v) is 11.3. The summed E-state index contributed by atoms with van der Waals surface area (Å²) in [5, 5.41) is 9.29. The van der Waals surface area contributed by atoms with Crippen molar-refractivity contribution in [1.82, 2.24) is 4.90 Å². The largest absolute Gasteiger partial charge is 0.481 e. The van der Waals surface area contributed by atoms with Gasteiger partial charge in [0, 0.05) is 28.8 Å². The third-order valence-electron chi connectivity index (χ3n) is 2.26. The molecule has 1 aromatic rings. The van der Waals surface area contributed by atoms with Crippen molar-refractivity contribution >= 4 is 29.3 Å². The van der Waals surface area contributed by atoms with Crippen molar-refractivity contribution in [1.29, 1.82) is 0 Å². The average Bonchev–Trinajstić information content (AvgIpc) is 2.29. The highest BCUT2D eigenvalue weighted by Crippen LogP contribution is 2.20. The zero-order valence-electron chi connectivity index (χ0n) is 9.73. The van der Waals surface area contributed by atoms with Crippen molar-refractivity contribution in [3.8, 4) is 0 Å². The van der Waals surface area contributed by atoms with Gasteiger partial charge in [0.25, 0.3) is 0 Å². The third-order valence-corrected chi connectivity index (χ3v) is 3.51. The fourth-order valence-electron chi connectivity index (χ4n) is 1.25. The molecular weight excluding hydrogens is 258 g/mol. The van der Waals surface area contributed by atoms with Crippen LogP contribution in [0.2, 0.25) is 5.02 Å². The first-order valence-corrected chi connectivity index (χ1v) is 6.73. The predicted molar refractivity (Wildman–Crippen MR) is 71.9 cm³/mol. The van der Waals surface area contributed by atoms with Gasteiger partial charge in [-0.2, -0.15) is 0 Å². The van der Waals surface area contributed by atoms with Crippen LogP contribution in [0.4, 0.5) is 0 Å². The Bertz CT molecular complexity index is 356. The summed E-state index contributed by atoms with van der Waals surface area (Å²) in [4.78, 5) is 13.6. The molecule has 0 saturated heterocycles. The van der Waals surface area contributed by atoms with E-state index in [-0.39, 0.29) is 6.42 Å². The van der Waals surface area contributed by atoms with Crippen LogP contribution in [-0.4, -0.2) is 41.9 Å². The molecule has 5 heteroatoms. The monoisotopic (exact) mass is 273 g/mol. The van der Waals surface area contributed by atoms with Crippen LogP contribution in [0.15, 0.2) is 29.2 Å². The molecule has 17 heavy (non-hydrogen) atoms. The van der Waals surface area contributed by atoms with E-state index in [2.05, 4.69) is 0 Å². The summed E-state index contributed by atoms with van der Waals surface area (Å²) in [6.07, 6.45) is 0.197. The first-order chi connectivity index (χ1) is 8.08. The second-order valence-electron chi connectivity index (χ2n) is 3.75. The molecule has 0 amide bonds. The van der Waals surface area contributed by atoms with Gasteiger partial charge in [-0.05, 0) is 31.3 Å². The number of rotatable bonds is 7. The number of halogens is 1. The maximum Gasteiger partial charge on any atom is 0.304 e. The molecule has 0 aliphatic heterocycles.